The van der Waals surface area contributed by atoms with Gasteiger partial charge >= 0.3 is 0 Å². The zero-order valence-electron chi connectivity index (χ0n) is 16.3. The number of para-hydroxylation sites is 1. The Morgan fingerprint density at radius 2 is 1.93 bits per heavy atom. The summed E-state index contributed by atoms with van der Waals surface area (Å²) in [5, 5.41) is 4.50. The summed E-state index contributed by atoms with van der Waals surface area (Å²) >= 11 is 1.57. The second kappa shape index (κ2) is 10.2. The number of rotatable bonds is 10. The lowest BCUT2D eigenvalue weighted by Gasteiger charge is -2.12. The largest absolute Gasteiger partial charge is 0.497 e. The van der Waals surface area contributed by atoms with Crippen LogP contribution in [0.2, 0.25) is 0 Å². The smallest absolute Gasteiger partial charge is 0.127 e. The van der Waals surface area contributed by atoms with Gasteiger partial charge in [0.1, 0.15) is 11.5 Å². The molecule has 7 heteroatoms. The lowest BCUT2D eigenvalue weighted by Crippen LogP contribution is -2.06. The summed E-state index contributed by atoms with van der Waals surface area (Å²) in [5.41, 5.74) is 3.25. The minimum Gasteiger partial charge on any atom is -0.497 e. The van der Waals surface area contributed by atoms with E-state index in [1.807, 2.05) is 47.4 Å². The Labute approximate surface area is 169 Å². The van der Waals surface area contributed by atoms with Gasteiger partial charge in [0.15, 0.2) is 0 Å². The van der Waals surface area contributed by atoms with Crippen LogP contribution in [0.3, 0.4) is 0 Å². The second-order valence-electron chi connectivity index (χ2n) is 6.10. The van der Waals surface area contributed by atoms with Crippen LogP contribution in [0.5, 0.6) is 11.5 Å². The van der Waals surface area contributed by atoms with E-state index in [4.69, 9.17) is 14.2 Å². The van der Waals surface area contributed by atoms with Gasteiger partial charge in [-0.25, -0.2) is 4.68 Å². The molecule has 0 saturated carbocycles. The predicted molar refractivity (Wildman–Crippen MR) is 111 cm³/mol. The van der Waals surface area contributed by atoms with Crippen molar-refractivity contribution in [1.29, 1.82) is 0 Å². The number of nitrogens with zero attached hydrogens (tertiary/aromatic N) is 2. The summed E-state index contributed by atoms with van der Waals surface area (Å²) in [6.07, 6.45) is 4.78. The fourth-order valence-corrected chi connectivity index (χ4v) is 3.56. The summed E-state index contributed by atoms with van der Waals surface area (Å²) in [5.74, 6) is 1.58. The summed E-state index contributed by atoms with van der Waals surface area (Å²) in [4.78, 5) is 1.09. The van der Waals surface area contributed by atoms with E-state index in [1.54, 1.807) is 33.3 Å². The number of methoxy groups -OCH3 is 3. The maximum atomic E-state index is 5.46. The lowest BCUT2D eigenvalue weighted by molar-refractivity contribution is 0.202. The van der Waals surface area contributed by atoms with Crippen LogP contribution in [0, 0.1) is 0 Å². The molecule has 148 valence electrons. The lowest BCUT2D eigenvalue weighted by atomic mass is 10.2. The van der Waals surface area contributed by atoms with Gasteiger partial charge in [0.25, 0.3) is 0 Å². The highest BCUT2D eigenvalue weighted by atomic mass is 32.2. The van der Waals surface area contributed by atoms with Crippen molar-refractivity contribution in [2.75, 3.05) is 27.9 Å². The molecule has 28 heavy (non-hydrogen) atoms. The van der Waals surface area contributed by atoms with Crippen molar-refractivity contribution >= 4 is 11.9 Å². The highest BCUT2D eigenvalue weighted by molar-refractivity contribution is 7.97. The number of aromatic nitrogens is 2. The zero-order chi connectivity index (χ0) is 19.8. The molecule has 0 atom stereocenters. The van der Waals surface area contributed by atoms with Crippen molar-refractivity contribution in [3.8, 4) is 17.2 Å². The molecule has 0 unspecified atom stereocenters. The van der Waals surface area contributed by atoms with Gasteiger partial charge in [-0.2, -0.15) is 5.10 Å². The third kappa shape index (κ3) is 5.07. The average molecular weight is 400 g/mol. The molecule has 0 spiro atoms. The molecule has 6 nitrogen and oxygen atoms in total. The Morgan fingerprint density at radius 1 is 1.07 bits per heavy atom. The molecule has 1 aromatic heterocycles. The van der Waals surface area contributed by atoms with E-state index in [1.165, 1.54) is 0 Å². The molecule has 0 amide bonds. The monoisotopic (exact) mass is 399 g/mol. The van der Waals surface area contributed by atoms with E-state index in [2.05, 4.69) is 22.0 Å². The molecule has 3 aromatic rings. The van der Waals surface area contributed by atoms with Crippen molar-refractivity contribution in [3.05, 3.63) is 66.0 Å². The molecule has 0 fully saturated rings. The van der Waals surface area contributed by atoms with Crippen LogP contribution in [-0.4, -0.2) is 37.7 Å². The molecule has 0 bridgehead atoms. The molecule has 0 radical (unpaired) electrons. The maximum Gasteiger partial charge on any atom is 0.127 e. The van der Waals surface area contributed by atoms with Crippen molar-refractivity contribution < 1.29 is 14.2 Å². The van der Waals surface area contributed by atoms with Gasteiger partial charge in [0, 0.05) is 36.4 Å². The molecule has 0 aliphatic heterocycles. The zero-order valence-corrected chi connectivity index (χ0v) is 17.2. The maximum absolute atomic E-state index is 5.46. The van der Waals surface area contributed by atoms with Crippen LogP contribution in [0.1, 0.15) is 11.1 Å². The van der Waals surface area contributed by atoms with Gasteiger partial charge in [-0.1, -0.05) is 18.2 Å². The Morgan fingerprint density at radius 3 is 2.71 bits per heavy atom. The van der Waals surface area contributed by atoms with Crippen LogP contribution < -0.4 is 14.2 Å². The number of hydrogen-bond acceptors (Lipinski definition) is 6. The summed E-state index contributed by atoms with van der Waals surface area (Å²) in [6.45, 7) is 1.34. The number of hydrogen-bond donors (Lipinski definition) is 1. The summed E-state index contributed by atoms with van der Waals surface area (Å²) in [6, 6.07) is 14.0. The number of benzene rings is 2. The normalized spacial score (nSPS) is 10.8. The number of nitrogens with one attached hydrogen (secondary N) is 1. The van der Waals surface area contributed by atoms with E-state index in [9.17, 15) is 0 Å². The van der Waals surface area contributed by atoms with Crippen molar-refractivity contribution in [2.24, 2.45) is 0 Å². The first kappa shape index (κ1) is 20.3. The van der Waals surface area contributed by atoms with E-state index in [0.29, 0.717) is 13.2 Å². The fraction of sp³-hybridized carbons (Fsp3) is 0.286. The van der Waals surface area contributed by atoms with Crippen LogP contribution in [0.4, 0.5) is 0 Å². The Balaban J connectivity index is 1.68. The van der Waals surface area contributed by atoms with E-state index >= 15 is 0 Å². The first-order chi connectivity index (χ1) is 13.7. The van der Waals surface area contributed by atoms with E-state index in [0.717, 1.165) is 39.6 Å². The third-order valence-electron chi connectivity index (χ3n) is 4.28. The summed E-state index contributed by atoms with van der Waals surface area (Å²) < 4.78 is 21.2. The minimum absolute atomic E-state index is 0.657. The first-order valence-corrected chi connectivity index (χ1v) is 9.79. The number of ether oxygens (including phenoxy) is 3. The minimum atomic E-state index is 0.657. The van der Waals surface area contributed by atoms with Crippen LogP contribution in [0.25, 0.3) is 5.69 Å². The molecular weight excluding hydrogens is 374 g/mol. The van der Waals surface area contributed by atoms with Crippen molar-refractivity contribution in [1.82, 2.24) is 14.5 Å². The van der Waals surface area contributed by atoms with E-state index < -0.39 is 0 Å². The predicted octanol–water partition coefficient (Wildman–Crippen LogP) is 3.88. The Kier molecular flexibility index (Phi) is 7.36. The SMILES string of the molecule is COCCc1cnn(-c2ccccc2SNCc2ccc(OC)cc2OC)c1. The van der Waals surface area contributed by atoms with E-state index in [-0.39, 0.29) is 0 Å². The van der Waals surface area contributed by atoms with Gasteiger partial charge in [-0.05, 0) is 42.1 Å². The molecule has 0 saturated heterocycles. The van der Waals surface area contributed by atoms with Gasteiger partial charge in [0.05, 0.1) is 32.7 Å². The Bertz CT molecular complexity index is 898. The molecular formula is C21H25N3O3S. The third-order valence-corrected chi connectivity index (χ3v) is 5.14. The summed E-state index contributed by atoms with van der Waals surface area (Å²) in [7, 11) is 5.02. The average Bonchev–Trinajstić information content (AvgIpc) is 3.21. The first-order valence-electron chi connectivity index (χ1n) is 8.97. The molecule has 0 aliphatic carbocycles. The van der Waals surface area contributed by atoms with Crippen molar-refractivity contribution in [2.45, 2.75) is 17.9 Å². The quantitative estimate of drug-likeness (QED) is 0.522. The van der Waals surface area contributed by atoms with Crippen LogP contribution in [-0.2, 0) is 17.7 Å². The fourth-order valence-electron chi connectivity index (χ4n) is 2.76. The van der Waals surface area contributed by atoms with Gasteiger partial charge in [-0.3, -0.25) is 4.72 Å². The Hall–Kier alpha value is -2.48. The topological polar surface area (TPSA) is 57.5 Å². The highest BCUT2D eigenvalue weighted by Crippen LogP contribution is 2.27. The molecule has 1 N–H and O–H groups in total. The van der Waals surface area contributed by atoms with Crippen LogP contribution in [0.15, 0.2) is 59.8 Å². The second-order valence-corrected chi connectivity index (χ2v) is 7.04. The van der Waals surface area contributed by atoms with Crippen LogP contribution >= 0.6 is 11.9 Å². The van der Waals surface area contributed by atoms with Gasteiger partial charge in [-0.15, -0.1) is 0 Å². The molecule has 2 aromatic carbocycles. The molecule has 3 rings (SSSR count). The molecule has 0 aliphatic rings. The highest BCUT2D eigenvalue weighted by Gasteiger charge is 2.09. The standard InChI is InChI=1S/C21H25N3O3S/c1-25-11-10-16-13-22-24(15-16)19-6-4-5-7-21(19)28-23-14-17-8-9-18(26-2)12-20(17)27-3/h4-9,12-13,15,23H,10-11,14H2,1-3H3. The van der Waals surface area contributed by atoms with Crippen molar-refractivity contribution in [3.63, 3.8) is 0 Å². The molecule has 1 heterocycles. The van der Waals surface area contributed by atoms with Gasteiger partial charge < -0.3 is 14.2 Å². The van der Waals surface area contributed by atoms with Gasteiger partial charge in [0.2, 0.25) is 0 Å².